The number of ether oxygens (including phenoxy) is 1. The quantitative estimate of drug-likeness (QED) is 0.0888. The second kappa shape index (κ2) is 14.8. The number of hydrogen-bond donors (Lipinski definition) is 0. The molecule has 48 heavy (non-hydrogen) atoms. The van der Waals surface area contributed by atoms with Crippen molar-refractivity contribution in [1.82, 2.24) is 24.4 Å². The van der Waals surface area contributed by atoms with Crippen molar-refractivity contribution >= 4 is 17.7 Å². The fourth-order valence-electron chi connectivity index (χ4n) is 4.69. The molecule has 0 bridgehead atoms. The Bertz CT molecular complexity index is 1950. The van der Waals surface area contributed by atoms with E-state index in [2.05, 4.69) is 15.0 Å². The van der Waals surface area contributed by atoms with Gasteiger partial charge in [0.1, 0.15) is 6.54 Å². The van der Waals surface area contributed by atoms with Crippen LogP contribution in [0.2, 0.25) is 0 Å². The van der Waals surface area contributed by atoms with E-state index in [1.165, 1.54) is 53.4 Å². The Morgan fingerprint density at radius 3 is 2.12 bits per heavy atom. The molecular formula is C34H28F5N5O3S. The van der Waals surface area contributed by atoms with E-state index in [1.54, 1.807) is 31.3 Å². The first kappa shape index (κ1) is 34.2. The van der Waals surface area contributed by atoms with Crippen molar-refractivity contribution in [3.8, 4) is 17.1 Å². The molecule has 1 amide bonds. The first-order valence-corrected chi connectivity index (χ1v) is 15.4. The van der Waals surface area contributed by atoms with Crippen LogP contribution in [0.3, 0.4) is 0 Å². The molecule has 2 aromatic heterocycles. The molecule has 2 heterocycles. The van der Waals surface area contributed by atoms with E-state index in [0.29, 0.717) is 16.7 Å². The van der Waals surface area contributed by atoms with Gasteiger partial charge in [-0.15, -0.1) is 0 Å². The minimum absolute atomic E-state index is 0.138. The molecule has 0 fully saturated rings. The van der Waals surface area contributed by atoms with E-state index >= 15 is 0 Å². The lowest BCUT2D eigenvalue weighted by Crippen LogP contribution is -2.31. The third-order valence-corrected chi connectivity index (χ3v) is 8.35. The largest absolute Gasteiger partial charge is 0.467 e. The van der Waals surface area contributed by atoms with Crippen molar-refractivity contribution in [2.24, 2.45) is 0 Å². The van der Waals surface area contributed by atoms with Crippen molar-refractivity contribution in [3.05, 3.63) is 135 Å². The molecule has 0 aliphatic rings. The lowest BCUT2D eigenvalue weighted by molar-refractivity contribution is -0.137. The zero-order valence-electron chi connectivity index (χ0n) is 25.7. The van der Waals surface area contributed by atoms with Gasteiger partial charge in [0.2, 0.25) is 5.91 Å². The van der Waals surface area contributed by atoms with Gasteiger partial charge in [-0.2, -0.15) is 18.2 Å². The number of nitrogens with zero attached hydrogens (tertiary/aromatic N) is 5. The molecular weight excluding hydrogens is 653 g/mol. The Morgan fingerprint density at radius 1 is 0.896 bits per heavy atom. The number of benzene rings is 3. The monoisotopic (exact) mass is 681 g/mol. The first-order chi connectivity index (χ1) is 22.9. The molecule has 0 aliphatic carbocycles. The summed E-state index contributed by atoms with van der Waals surface area (Å²) < 4.78 is 72.5. The minimum atomic E-state index is -4.42. The fraction of sp³-hybridized carbons (Fsp3) is 0.206. The maximum Gasteiger partial charge on any atom is 0.416 e. The average Bonchev–Trinajstić information content (AvgIpc) is 3.07. The number of alkyl halides is 3. The fourth-order valence-corrected chi connectivity index (χ4v) is 5.60. The number of carbonyl (C=O) groups is 1. The second-order valence-electron chi connectivity index (χ2n) is 10.8. The van der Waals surface area contributed by atoms with Crippen LogP contribution in [0.4, 0.5) is 22.0 Å². The van der Waals surface area contributed by atoms with E-state index < -0.39 is 28.9 Å². The topological polar surface area (TPSA) is 90.2 Å². The molecule has 0 aliphatic heterocycles. The van der Waals surface area contributed by atoms with Crippen LogP contribution in [0.15, 0.2) is 95.3 Å². The molecule has 14 heteroatoms. The van der Waals surface area contributed by atoms with Gasteiger partial charge in [-0.05, 0) is 52.1 Å². The minimum Gasteiger partial charge on any atom is -0.467 e. The molecule has 248 valence electrons. The van der Waals surface area contributed by atoms with E-state index in [1.807, 2.05) is 0 Å². The highest BCUT2D eigenvalue weighted by molar-refractivity contribution is 7.98. The van der Waals surface area contributed by atoms with Crippen LogP contribution in [0.5, 0.6) is 6.01 Å². The molecule has 3 aromatic carbocycles. The van der Waals surface area contributed by atoms with Crippen molar-refractivity contribution in [1.29, 1.82) is 0 Å². The Balaban J connectivity index is 1.32. The first-order valence-electron chi connectivity index (χ1n) is 14.4. The number of aromatic nitrogens is 4. The number of amides is 1. The third-order valence-electron chi connectivity index (χ3n) is 7.29. The van der Waals surface area contributed by atoms with Gasteiger partial charge in [-0.1, -0.05) is 54.2 Å². The zero-order valence-corrected chi connectivity index (χ0v) is 26.5. The Labute approximate surface area is 276 Å². The number of rotatable bonds is 11. The second-order valence-corrected chi connectivity index (χ2v) is 11.7. The van der Waals surface area contributed by atoms with Gasteiger partial charge >= 0.3 is 12.2 Å². The van der Waals surface area contributed by atoms with Crippen molar-refractivity contribution in [2.45, 2.75) is 36.6 Å². The van der Waals surface area contributed by atoms with Crippen LogP contribution in [0.1, 0.15) is 27.8 Å². The molecule has 0 spiro atoms. The van der Waals surface area contributed by atoms with Crippen molar-refractivity contribution in [3.63, 3.8) is 0 Å². The lowest BCUT2D eigenvalue weighted by atomic mass is 10.0. The molecule has 0 atom stereocenters. The summed E-state index contributed by atoms with van der Waals surface area (Å²) in [5.74, 6) is -2.13. The Morgan fingerprint density at radius 2 is 1.52 bits per heavy atom. The molecule has 8 nitrogen and oxygen atoms in total. The molecule has 5 rings (SSSR count). The van der Waals surface area contributed by atoms with E-state index in [4.69, 9.17) is 4.74 Å². The van der Waals surface area contributed by atoms with Crippen LogP contribution < -0.4 is 10.3 Å². The van der Waals surface area contributed by atoms with Gasteiger partial charge in [0.15, 0.2) is 16.8 Å². The van der Waals surface area contributed by atoms with Crippen LogP contribution >= 0.6 is 11.8 Å². The molecule has 0 saturated carbocycles. The molecule has 0 saturated heterocycles. The summed E-state index contributed by atoms with van der Waals surface area (Å²) in [6.07, 6.45) is 0.294. The smallest absolute Gasteiger partial charge is 0.416 e. The van der Waals surface area contributed by atoms with E-state index in [9.17, 15) is 31.5 Å². The highest BCUT2D eigenvalue weighted by Gasteiger charge is 2.30. The molecule has 5 aromatic rings. The summed E-state index contributed by atoms with van der Waals surface area (Å²) >= 11 is 1.10. The number of likely N-dealkylation sites (N-methyl/N-ethyl adjacent to an activating group) is 1. The van der Waals surface area contributed by atoms with Crippen LogP contribution in [0.25, 0.3) is 11.1 Å². The number of thioether (sulfide) groups is 1. The number of carbonyl (C=O) groups excluding carboxylic acids is 1. The van der Waals surface area contributed by atoms with Crippen LogP contribution in [0, 0.1) is 11.6 Å². The van der Waals surface area contributed by atoms with E-state index in [0.717, 1.165) is 47.2 Å². The van der Waals surface area contributed by atoms with Crippen LogP contribution in [-0.4, -0.2) is 44.5 Å². The molecule has 0 radical (unpaired) electrons. The summed E-state index contributed by atoms with van der Waals surface area (Å²) in [7, 11) is 3.05. The highest BCUT2D eigenvalue weighted by atomic mass is 32.2. The maximum atomic E-state index is 13.8. The SMILES string of the molecule is COc1ncc(Cc2cn(CC(=O)N(C)Cc3ccc(-c4ccc(C(F)(F)F)cc4)cc3)c(SCc3ccc(F)c(F)c3)nc2=O)cn1. The number of hydrogen-bond acceptors (Lipinski definition) is 7. The van der Waals surface area contributed by atoms with Gasteiger partial charge in [-0.3, -0.25) is 9.59 Å². The summed E-state index contributed by atoms with van der Waals surface area (Å²) in [6, 6.07) is 15.7. The summed E-state index contributed by atoms with van der Waals surface area (Å²) in [5.41, 5.74) is 2.24. The summed E-state index contributed by atoms with van der Waals surface area (Å²) in [4.78, 5) is 40.3. The summed E-state index contributed by atoms with van der Waals surface area (Å²) in [6.45, 7) is 0.0484. The predicted octanol–water partition coefficient (Wildman–Crippen LogP) is 6.55. The van der Waals surface area contributed by atoms with Gasteiger partial charge in [0.25, 0.3) is 5.56 Å². The van der Waals surface area contributed by atoms with Gasteiger partial charge in [-0.25, -0.2) is 18.7 Å². The zero-order chi connectivity index (χ0) is 34.4. The molecule has 0 N–H and O–H groups in total. The lowest BCUT2D eigenvalue weighted by Gasteiger charge is -2.20. The van der Waals surface area contributed by atoms with Crippen LogP contribution in [-0.2, 0) is 36.2 Å². The highest BCUT2D eigenvalue weighted by Crippen LogP contribution is 2.31. The maximum absolute atomic E-state index is 13.8. The van der Waals surface area contributed by atoms with Crippen molar-refractivity contribution < 1.29 is 31.5 Å². The van der Waals surface area contributed by atoms with Crippen molar-refractivity contribution in [2.75, 3.05) is 14.2 Å². The number of methoxy groups -OCH3 is 1. The third kappa shape index (κ3) is 8.62. The van der Waals surface area contributed by atoms with Gasteiger partial charge < -0.3 is 14.2 Å². The number of halogens is 5. The van der Waals surface area contributed by atoms with E-state index in [-0.39, 0.29) is 47.9 Å². The molecule has 0 unspecified atom stereocenters. The van der Waals surface area contributed by atoms with Gasteiger partial charge in [0, 0.05) is 49.9 Å². The normalized spacial score (nSPS) is 11.4. The Kier molecular flexibility index (Phi) is 10.5. The Hall–Kier alpha value is -5.11. The standard InChI is InChI=1S/C34H28F5N5O3S/c1-43(17-21-3-6-24(7-4-21)25-8-10-27(11-9-25)34(37,38)39)30(45)19-44-18-26(13-23-15-40-32(47-2)41-16-23)31(46)42-33(44)48-20-22-5-12-28(35)29(36)14-22/h3-12,14-16,18H,13,17,19-20H2,1-2H3. The summed E-state index contributed by atoms with van der Waals surface area (Å²) in [5, 5.41) is 0.210. The predicted molar refractivity (Wildman–Crippen MR) is 169 cm³/mol. The van der Waals surface area contributed by atoms with Gasteiger partial charge in [0.05, 0.1) is 12.7 Å². The average molecular weight is 682 g/mol.